The number of halogens is 2. The highest BCUT2D eigenvalue weighted by molar-refractivity contribution is 14.1. The Hall–Kier alpha value is -6.01. The molecule has 14 nitrogen and oxygen atoms in total. The first-order valence-corrected chi connectivity index (χ1v) is 21.5. The summed E-state index contributed by atoms with van der Waals surface area (Å²) in [4.78, 5) is 67.8. The van der Waals surface area contributed by atoms with E-state index in [9.17, 15) is 28.4 Å². The predicted molar refractivity (Wildman–Crippen MR) is 250 cm³/mol. The number of nitrogens with zero attached hydrogens (tertiary/aromatic N) is 4. The Morgan fingerprint density at radius 2 is 1.35 bits per heavy atom. The lowest BCUT2D eigenvalue weighted by Gasteiger charge is -2.44. The molecule has 0 spiro atoms. The smallest absolute Gasteiger partial charge is 0.338 e. The Bertz CT molecular complexity index is 2520. The maximum absolute atomic E-state index is 13.8. The Labute approximate surface area is 380 Å². The van der Waals surface area contributed by atoms with E-state index in [2.05, 4.69) is 43.9 Å². The van der Waals surface area contributed by atoms with Crippen LogP contribution in [0.15, 0.2) is 72.9 Å². The number of benzene rings is 4. The summed E-state index contributed by atoms with van der Waals surface area (Å²) in [6, 6.07) is 18.7. The van der Waals surface area contributed by atoms with E-state index < -0.39 is 11.7 Å². The van der Waals surface area contributed by atoms with Crippen LogP contribution in [0, 0.1) is 30.2 Å². The van der Waals surface area contributed by atoms with Crippen molar-refractivity contribution in [2.45, 2.75) is 66.1 Å². The fourth-order valence-electron chi connectivity index (χ4n) is 7.73. The quantitative estimate of drug-likeness (QED) is 0.0393. The molecule has 5 aromatic rings. The van der Waals surface area contributed by atoms with Crippen molar-refractivity contribution in [2.24, 2.45) is 0 Å². The highest BCUT2D eigenvalue weighted by atomic mass is 127. The number of hydrogen-bond donors (Lipinski definition) is 3. The fourth-order valence-corrected chi connectivity index (χ4v) is 8.20. The normalized spacial score (nSPS) is 16.1. The number of nitrogen functional groups attached to an aromatic ring is 3. The summed E-state index contributed by atoms with van der Waals surface area (Å²) >= 11 is 2.08. The van der Waals surface area contributed by atoms with Crippen molar-refractivity contribution in [3.63, 3.8) is 0 Å². The van der Waals surface area contributed by atoms with Gasteiger partial charge in [-0.15, -0.1) is 0 Å². The van der Waals surface area contributed by atoms with E-state index in [1.807, 2.05) is 32.6 Å². The Morgan fingerprint density at radius 1 is 0.746 bits per heavy atom. The minimum atomic E-state index is -0.597. The standard InChI is InChI=1S/C29H34FN5O3.C9H10INO2.C9H11NO2/c1-18-12-26-24(25(17-35(26)31)27(36)29(38)32-10-4-5-11-32)13-23(18)28(37)34-15-19(2)33(14-20(34)3)16-21-6-8-22(30)9-7-21;1-5-3-8(11)7(10)4-6(5)9(12)13-2;1-6-5-7(10)3-4-8(6)9(11)12-2/h6-9,12-13,17,19-20H,4-5,10-11,14-16,31H2,1-3H3;3-4H,11H2,1-2H3;3-5H,10H2,1-2H3/t19-,20+;;/m0../s1. The lowest BCUT2D eigenvalue weighted by molar-refractivity contribution is -0.125. The van der Waals surface area contributed by atoms with Crippen LogP contribution >= 0.6 is 22.6 Å². The summed E-state index contributed by atoms with van der Waals surface area (Å²) in [7, 11) is 2.73. The maximum Gasteiger partial charge on any atom is 0.338 e. The molecule has 3 heterocycles. The summed E-state index contributed by atoms with van der Waals surface area (Å²) in [6.45, 7) is 12.7. The van der Waals surface area contributed by atoms with Gasteiger partial charge in [0.25, 0.3) is 17.6 Å². The Kier molecular flexibility index (Phi) is 15.9. The van der Waals surface area contributed by atoms with Crippen molar-refractivity contribution in [3.05, 3.63) is 127 Å². The van der Waals surface area contributed by atoms with Crippen molar-refractivity contribution < 1.29 is 37.8 Å². The number of anilines is 2. The SMILES string of the molecule is COC(=O)c1cc(I)c(N)cc1C.COC(=O)c1ccc(N)cc1C.Cc1cc2c(cc1C(=O)N1C[C@H](C)N(Cc3ccc(F)cc3)C[C@H]1C)c(C(=O)C(=O)N1CCCC1)cn2N. The minimum absolute atomic E-state index is 0.0498. The molecule has 334 valence electrons. The fraction of sp³-hybridized carbons (Fsp3) is 0.340. The molecule has 0 radical (unpaired) electrons. The number of aromatic nitrogens is 1. The van der Waals surface area contributed by atoms with Crippen LogP contribution in [0.5, 0.6) is 0 Å². The molecule has 2 aliphatic heterocycles. The van der Waals surface area contributed by atoms with Gasteiger partial charge in [-0.3, -0.25) is 24.0 Å². The maximum atomic E-state index is 13.8. The number of carbonyl (C=O) groups is 5. The summed E-state index contributed by atoms with van der Waals surface area (Å²) < 4.78 is 24.7. The number of piperazine rings is 1. The molecule has 63 heavy (non-hydrogen) atoms. The zero-order valence-electron chi connectivity index (χ0n) is 36.7. The summed E-state index contributed by atoms with van der Waals surface area (Å²) in [5, 5.41) is 0.509. The van der Waals surface area contributed by atoms with Gasteiger partial charge in [-0.1, -0.05) is 12.1 Å². The summed E-state index contributed by atoms with van der Waals surface area (Å²) in [5.74, 6) is 4.01. The molecule has 2 aliphatic rings. The van der Waals surface area contributed by atoms with E-state index in [0.29, 0.717) is 71.7 Å². The van der Waals surface area contributed by atoms with Crippen LogP contribution in [0.4, 0.5) is 15.8 Å². The summed E-state index contributed by atoms with van der Waals surface area (Å²) in [5.41, 5.74) is 18.4. The van der Waals surface area contributed by atoms with E-state index in [4.69, 9.17) is 17.3 Å². The van der Waals surface area contributed by atoms with Crippen molar-refractivity contribution in [3.8, 4) is 0 Å². The number of rotatable bonds is 7. The number of amides is 2. The molecule has 16 heteroatoms. The number of ketones is 1. The third-order valence-corrected chi connectivity index (χ3v) is 12.3. The van der Waals surface area contributed by atoms with E-state index >= 15 is 0 Å². The molecule has 6 N–H and O–H groups in total. The molecular formula is C47H55FIN7O7. The molecule has 2 atom stereocenters. The Balaban J connectivity index is 0.000000243. The van der Waals surface area contributed by atoms with Gasteiger partial charge in [-0.2, -0.15) is 0 Å². The Morgan fingerprint density at radius 3 is 1.97 bits per heavy atom. The van der Waals surface area contributed by atoms with Gasteiger partial charge < -0.3 is 36.6 Å². The number of methoxy groups -OCH3 is 2. The first-order valence-electron chi connectivity index (χ1n) is 20.5. The van der Waals surface area contributed by atoms with Gasteiger partial charge in [-0.25, -0.2) is 14.0 Å². The highest BCUT2D eigenvalue weighted by Crippen LogP contribution is 2.29. The topological polar surface area (TPSA) is 197 Å². The predicted octanol–water partition coefficient (Wildman–Crippen LogP) is 6.67. The van der Waals surface area contributed by atoms with Crippen LogP contribution in [0.25, 0.3) is 10.9 Å². The molecule has 7 rings (SSSR count). The van der Waals surface area contributed by atoms with Gasteiger partial charge >= 0.3 is 11.9 Å². The van der Waals surface area contributed by atoms with Crippen LogP contribution in [-0.4, -0.2) is 101 Å². The molecule has 0 bridgehead atoms. The molecule has 4 aromatic carbocycles. The molecule has 1 aromatic heterocycles. The third kappa shape index (κ3) is 11.3. The minimum Gasteiger partial charge on any atom is -0.465 e. The van der Waals surface area contributed by atoms with Crippen LogP contribution in [0.1, 0.15) is 90.4 Å². The number of Topliss-reactive ketones (excluding diaryl/α,β-unsaturated/α-hetero) is 1. The van der Waals surface area contributed by atoms with Crippen LogP contribution in [0.2, 0.25) is 0 Å². The van der Waals surface area contributed by atoms with Gasteiger partial charge in [-0.05, 0) is 147 Å². The van der Waals surface area contributed by atoms with E-state index in [0.717, 1.165) is 38.7 Å². The monoisotopic (exact) mass is 975 g/mol. The van der Waals surface area contributed by atoms with Crippen molar-refractivity contribution in [1.82, 2.24) is 19.4 Å². The molecule has 0 unspecified atom stereocenters. The van der Waals surface area contributed by atoms with E-state index in [1.54, 1.807) is 59.5 Å². The van der Waals surface area contributed by atoms with Gasteiger partial charge in [0.15, 0.2) is 0 Å². The number of aryl methyl sites for hydroxylation is 3. The van der Waals surface area contributed by atoms with Crippen LogP contribution in [-0.2, 0) is 20.8 Å². The molecular weight excluding hydrogens is 920 g/mol. The first kappa shape index (κ1) is 48.0. The molecule has 2 saturated heterocycles. The van der Waals surface area contributed by atoms with Gasteiger partial charge in [0.2, 0.25) is 0 Å². The average Bonchev–Trinajstić information content (AvgIpc) is 3.91. The zero-order valence-corrected chi connectivity index (χ0v) is 38.8. The number of esters is 2. The number of fused-ring (bicyclic) bond motifs is 1. The summed E-state index contributed by atoms with van der Waals surface area (Å²) in [6.07, 6.45) is 3.26. The molecule has 2 amide bonds. The zero-order chi connectivity index (χ0) is 46.3. The highest BCUT2D eigenvalue weighted by Gasteiger charge is 2.34. The second-order valence-corrected chi connectivity index (χ2v) is 17.1. The van der Waals surface area contributed by atoms with Crippen LogP contribution < -0.4 is 17.3 Å². The van der Waals surface area contributed by atoms with Crippen molar-refractivity contribution in [2.75, 3.05) is 57.7 Å². The largest absolute Gasteiger partial charge is 0.465 e. The molecule has 0 aliphatic carbocycles. The van der Waals surface area contributed by atoms with Gasteiger partial charge in [0.05, 0.1) is 36.4 Å². The third-order valence-electron chi connectivity index (χ3n) is 11.3. The molecule has 2 fully saturated rings. The lowest BCUT2D eigenvalue weighted by atomic mass is 9.99. The van der Waals surface area contributed by atoms with Gasteiger partial charge in [0.1, 0.15) is 5.82 Å². The lowest BCUT2D eigenvalue weighted by Crippen LogP contribution is -2.57. The van der Waals surface area contributed by atoms with E-state index in [-0.39, 0.29) is 41.3 Å². The van der Waals surface area contributed by atoms with Crippen molar-refractivity contribution >= 4 is 74.4 Å². The number of hydrogen-bond acceptors (Lipinski definition) is 11. The number of nitrogens with two attached hydrogens (primary N) is 3. The molecule has 0 saturated carbocycles. The average molecular weight is 976 g/mol. The number of carbonyl (C=O) groups excluding carboxylic acids is 5. The van der Waals surface area contributed by atoms with Crippen molar-refractivity contribution in [1.29, 1.82) is 0 Å². The first-order chi connectivity index (χ1) is 29.8. The number of likely N-dealkylation sites (tertiary alicyclic amines) is 1. The number of ether oxygens (including phenoxy) is 2. The second kappa shape index (κ2) is 20.9. The van der Waals surface area contributed by atoms with Gasteiger partial charge in [0, 0.05) is 76.9 Å². The van der Waals surface area contributed by atoms with Crippen LogP contribution in [0.3, 0.4) is 0 Å². The van der Waals surface area contributed by atoms with E-state index in [1.165, 1.54) is 37.2 Å². The second-order valence-electron chi connectivity index (χ2n) is 15.9.